The topological polar surface area (TPSA) is 37.9 Å². The van der Waals surface area contributed by atoms with E-state index < -0.39 is 0 Å². The van der Waals surface area contributed by atoms with Gasteiger partial charge in [-0.05, 0) is 30.5 Å². The second-order valence-electron chi connectivity index (χ2n) is 5.35. The number of aryl methyl sites for hydroxylation is 1. The van der Waals surface area contributed by atoms with Crippen LogP contribution in [0.25, 0.3) is 10.9 Å². The largest absolute Gasteiger partial charge is 0.487 e. The number of hydrogen-bond acceptors (Lipinski definition) is 3. The smallest absolute Gasteiger partial charge is 0.131 e. The van der Waals surface area contributed by atoms with E-state index >= 15 is 0 Å². The summed E-state index contributed by atoms with van der Waals surface area (Å²) in [4.78, 5) is 7.70. The zero-order valence-corrected chi connectivity index (χ0v) is 12.8. The number of nitrogens with zero attached hydrogens (tertiary/aromatic N) is 1. The molecule has 3 rings (SSSR count). The molecule has 0 aliphatic heterocycles. The maximum absolute atomic E-state index is 5.88. The molecule has 0 saturated carbocycles. The highest BCUT2D eigenvalue weighted by Crippen LogP contribution is 2.28. The van der Waals surface area contributed by atoms with E-state index in [0.717, 1.165) is 22.5 Å². The van der Waals surface area contributed by atoms with Gasteiger partial charge in [-0.15, -0.1) is 11.3 Å². The Labute approximate surface area is 122 Å². The van der Waals surface area contributed by atoms with Gasteiger partial charge in [0.15, 0.2) is 0 Å². The fraction of sp³-hybridized carbons (Fsp3) is 0.312. The van der Waals surface area contributed by atoms with E-state index in [0.29, 0.717) is 12.5 Å². The molecule has 0 saturated heterocycles. The van der Waals surface area contributed by atoms with Crippen molar-refractivity contribution < 1.29 is 4.74 Å². The number of nitrogens with one attached hydrogen (secondary N) is 1. The summed E-state index contributed by atoms with van der Waals surface area (Å²) in [5.74, 6) is 1.42. The van der Waals surface area contributed by atoms with Gasteiger partial charge < -0.3 is 9.72 Å². The highest BCUT2D eigenvalue weighted by Gasteiger charge is 2.08. The van der Waals surface area contributed by atoms with Gasteiger partial charge in [0.1, 0.15) is 12.4 Å². The average molecular weight is 286 g/mol. The molecule has 0 spiro atoms. The molecule has 4 heteroatoms. The molecule has 0 atom stereocenters. The Balaban J connectivity index is 1.88. The van der Waals surface area contributed by atoms with Crippen molar-refractivity contribution in [3.8, 4) is 5.75 Å². The van der Waals surface area contributed by atoms with Crippen LogP contribution in [0.5, 0.6) is 5.75 Å². The zero-order valence-electron chi connectivity index (χ0n) is 11.9. The molecule has 0 radical (unpaired) electrons. The summed E-state index contributed by atoms with van der Waals surface area (Å²) in [6.45, 7) is 6.99. The molecule has 0 fully saturated rings. The van der Waals surface area contributed by atoms with Crippen molar-refractivity contribution in [3.63, 3.8) is 0 Å². The van der Waals surface area contributed by atoms with Gasteiger partial charge in [-0.25, -0.2) is 4.98 Å². The standard InChI is InChI=1S/C16H18N2OS/c1-10(2)14-5-12-4-11(3)16(6-15(12)18-14)19-7-13-8-20-9-17-13/h4-6,8-10,18H,7H2,1-3H3. The molecule has 2 heterocycles. The number of aromatic nitrogens is 2. The van der Waals surface area contributed by atoms with E-state index in [2.05, 4.69) is 48.9 Å². The van der Waals surface area contributed by atoms with E-state index in [1.807, 2.05) is 10.9 Å². The molecule has 0 aliphatic carbocycles. The first-order valence-electron chi connectivity index (χ1n) is 6.76. The van der Waals surface area contributed by atoms with Gasteiger partial charge in [0.2, 0.25) is 0 Å². The third kappa shape index (κ3) is 2.56. The van der Waals surface area contributed by atoms with Crippen LogP contribution in [0.15, 0.2) is 29.1 Å². The first kappa shape index (κ1) is 13.2. The van der Waals surface area contributed by atoms with E-state index in [9.17, 15) is 0 Å². The SMILES string of the molecule is Cc1cc2cc(C(C)C)[nH]c2cc1OCc1cscn1. The molecule has 2 aromatic heterocycles. The third-order valence-corrected chi connectivity index (χ3v) is 4.05. The Hall–Kier alpha value is -1.81. The maximum Gasteiger partial charge on any atom is 0.131 e. The lowest BCUT2D eigenvalue weighted by Gasteiger charge is -2.08. The van der Waals surface area contributed by atoms with Gasteiger partial charge in [0, 0.05) is 28.0 Å². The van der Waals surface area contributed by atoms with Crippen molar-refractivity contribution in [2.75, 3.05) is 0 Å². The van der Waals surface area contributed by atoms with Gasteiger partial charge in [-0.2, -0.15) is 0 Å². The van der Waals surface area contributed by atoms with Crippen molar-refractivity contribution in [2.45, 2.75) is 33.3 Å². The quantitative estimate of drug-likeness (QED) is 0.759. The number of ether oxygens (including phenoxy) is 1. The van der Waals surface area contributed by atoms with E-state index in [1.165, 1.54) is 11.1 Å². The van der Waals surface area contributed by atoms with Crippen molar-refractivity contribution in [1.82, 2.24) is 9.97 Å². The Morgan fingerprint density at radius 1 is 1.30 bits per heavy atom. The molecule has 3 nitrogen and oxygen atoms in total. The van der Waals surface area contributed by atoms with E-state index in [-0.39, 0.29) is 0 Å². The molecule has 104 valence electrons. The molecule has 1 aromatic carbocycles. The highest BCUT2D eigenvalue weighted by atomic mass is 32.1. The minimum atomic E-state index is 0.502. The van der Waals surface area contributed by atoms with Crippen LogP contribution in [0.3, 0.4) is 0 Å². The summed E-state index contributed by atoms with van der Waals surface area (Å²) in [6.07, 6.45) is 0. The Kier molecular flexibility index (Phi) is 3.49. The molecule has 20 heavy (non-hydrogen) atoms. The molecule has 0 aliphatic rings. The molecule has 0 unspecified atom stereocenters. The predicted octanol–water partition coefficient (Wildman–Crippen LogP) is 4.64. The first-order chi connectivity index (χ1) is 9.63. The number of rotatable bonds is 4. The summed E-state index contributed by atoms with van der Waals surface area (Å²) in [5.41, 5.74) is 6.35. The minimum absolute atomic E-state index is 0.502. The zero-order chi connectivity index (χ0) is 14.1. The van der Waals surface area contributed by atoms with Crippen LogP contribution in [0.2, 0.25) is 0 Å². The van der Waals surface area contributed by atoms with Gasteiger partial charge in [0.05, 0.1) is 11.2 Å². The summed E-state index contributed by atoms with van der Waals surface area (Å²) in [7, 11) is 0. The van der Waals surface area contributed by atoms with Crippen molar-refractivity contribution in [3.05, 3.63) is 46.0 Å². The molecule has 0 bridgehead atoms. The average Bonchev–Trinajstić information content (AvgIpc) is 3.04. The fourth-order valence-corrected chi connectivity index (χ4v) is 2.77. The maximum atomic E-state index is 5.88. The minimum Gasteiger partial charge on any atom is -0.487 e. The van der Waals surface area contributed by atoms with Crippen molar-refractivity contribution in [1.29, 1.82) is 0 Å². The van der Waals surface area contributed by atoms with Gasteiger partial charge >= 0.3 is 0 Å². The lowest BCUT2D eigenvalue weighted by Crippen LogP contribution is -1.97. The third-order valence-electron chi connectivity index (χ3n) is 3.42. The molecule has 3 aromatic rings. The van der Waals surface area contributed by atoms with Gasteiger partial charge in [-0.1, -0.05) is 13.8 Å². The van der Waals surface area contributed by atoms with Crippen LogP contribution in [0.4, 0.5) is 0 Å². The Bertz CT molecular complexity index is 713. The number of benzene rings is 1. The number of H-pyrrole nitrogens is 1. The molecular formula is C16H18N2OS. The van der Waals surface area contributed by atoms with Crippen LogP contribution in [-0.2, 0) is 6.61 Å². The Morgan fingerprint density at radius 3 is 2.85 bits per heavy atom. The summed E-state index contributed by atoms with van der Waals surface area (Å²) >= 11 is 1.59. The lowest BCUT2D eigenvalue weighted by molar-refractivity contribution is 0.300. The van der Waals surface area contributed by atoms with Crippen LogP contribution < -0.4 is 4.74 Å². The van der Waals surface area contributed by atoms with E-state index in [4.69, 9.17) is 4.74 Å². The molecular weight excluding hydrogens is 268 g/mol. The van der Waals surface area contributed by atoms with Crippen LogP contribution in [0, 0.1) is 6.92 Å². The second kappa shape index (κ2) is 5.29. The second-order valence-corrected chi connectivity index (χ2v) is 6.07. The number of hydrogen-bond donors (Lipinski definition) is 1. The predicted molar refractivity (Wildman–Crippen MR) is 83.6 cm³/mol. The van der Waals surface area contributed by atoms with Gasteiger partial charge in [0.25, 0.3) is 0 Å². The number of thiazole rings is 1. The summed E-state index contributed by atoms with van der Waals surface area (Å²) < 4.78 is 5.88. The first-order valence-corrected chi connectivity index (χ1v) is 7.71. The van der Waals surface area contributed by atoms with Crippen molar-refractivity contribution >= 4 is 22.2 Å². The molecule has 1 N–H and O–H groups in total. The van der Waals surface area contributed by atoms with Gasteiger partial charge in [-0.3, -0.25) is 0 Å². The number of fused-ring (bicyclic) bond motifs is 1. The highest BCUT2D eigenvalue weighted by molar-refractivity contribution is 7.07. The van der Waals surface area contributed by atoms with Crippen LogP contribution >= 0.6 is 11.3 Å². The lowest BCUT2D eigenvalue weighted by atomic mass is 10.1. The normalized spacial score (nSPS) is 11.4. The van der Waals surface area contributed by atoms with E-state index in [1.54, 1.807) is 11.3 Å². The molecule has 0 amide bonds. The van der Waals surface area contributed by atoms with Crippen LogP contribution in [0.1, 0.15) is 36.7 Å². The van der Waals surface area contributed by atoms with Crippen molar-refractivity contribution in [2.24, 2.45) is 0 Å². The summed E-state index contributed by atoms with van der Waals surface area (Å²) in [6, 6.07) is 6.48. The monoisotopic (exact) mass is 286 g/mol. The summed E-state index contributed by atoms with van der Waals surface area (Å²) in [5, 5.41) is 3.26. The number of aromatic amines is 1. The van der Waals surface area contributed by atoms with Crippen LogP contribution in [-0.4, -0.2) is 9.97 Å². The Morgan fingerprint density at radius 2 is 2.15 bits per heavy atom. The fourth-order valence-electron chi connectivity index (χ4n) is 2.22.